The standard InChI is InChI=1S/C16H34N2O/c1-15(2,3)17-11-7-6-8-12-18-13-9-10-16(4,14-18)19-5/h17H,6-14H2,1-5H3. The number of piperidine rings is 1. The summed E-state index contributed by atoms with van der Waals surface area (Å²) in [5.74, 6) is 0. The van der Waals surface area contributed by atoms with Crippen LogP contribution in [-0.2, 0) is 4.74 Å². The number of nitrogens with one attached hydrogen (secondary N) is 1. The third-order valence-electron chi connectivity index (χ3n) is 4.04. The Balaban J connectivity index is 2.06. The zero-order valence-corrected chi connectivity index (χ0v) is 13.7. The maximum atomic E-state index is 5.64. The molecule has 1 atom stereocenters. The highest BCUT2D eigenvalue weighted by molar-refractivity contribution is 4.84. The van der Waals surface area contributed by atoms with Gasteiger partial charge in [-0.2, -0.15) is 0 Å². The van der Waals surface area contributed by atoms with Crippen LogP contribution in [0.4, 0.5) is 0 Å². The smallest absolute Gasteiger partial charge is 0.0777 e. The molecule has 114 valence electrons. The second kappa shape index (κ2) is 7.61. The zero-order valence-electron chi connectivity index (χ0n) is 13.7. The van der Waals surface area contributed by atoms with Crippen LogP contribution in [0.5, 0.6) is 0 Å². The van der Waals surface area contributed by atoms with Crippen molar-refractivity contribution in [2.24, 2.45) is 0 Å². The van der Waals surface area contributed by atoms with Crippen LogP contribution in [0.2, 0.25) is 0 Å². The summed E-state index contributed by atoms with van der Waals surface area (Å²) >= 11 is 0. The molecule has 1 aliphatic heterocycles. The van der Waals surface area contributed by atoms with E-state index in [0.717, 1.165) is 13.1 Å². The third kappa shape index (κ3) is 7.28. The molecule has 0 radical (unpaired) electrons. The maximum Gasteiger partial charge on any atom is 0.0777 e. The van der Waals surface area contributed by atoms with Crippen LogP contribution in [-0.4, -0.2) is 49.3 Å². The summed E-state index contributed by atoms with van der Waals surface area (Å²) in [5.41, 5.74) is 0.346. The van der Waals surface area contributed by atoms with Crippen LogP contribution in [0.1, 0.15) is 59.8 Å². The first-order valence-electron chi connectivity index (χ1n) is 7.87. The molecule has 0 spiro atoms. The Bertz CT molecular complexity index is 250. The van der Waals surface area contributed by atoms with Crippen LogP contribution >= 0.6 is 0 Å². The number of ether oxygens (including phenoxy) is 1. The van der Waals surface area contributed by atoms with Crippen LogP contribution in [0, 0.1) is 0 Å². The first kappa shape index (κ1) is 16.9. The Labute approximate surface area is 120 Å². The summed E-state index contributed by atoms with van der Waals surface area (Å²) in [6, 6.07) is 0. The van der Waals surface area contributed by atoms with Crippen molar-refractivity contribution in [2.75, 3.05) is 33.3 Å². The van der Waals surface area contributed by atoms with E-state index >= 15 is 0 Å². The molecule has 1 fully saturated rings. The SMILES string of the molecule is COC1(C)CCCN(CCCCCNC(C)(C)C)C1. The van der Waals surface area contributed by atoms with Gasteiger partial charge in [0.2, 0.25) is 0 Å². The predicted molar refractivity (Wildman–Crippen MR) is 82.7 cm³/mol. The minimum absolute atomic E-state index is 0.0893. The zero-order chi connectivity index (χ0) is 14.4. The molecule has 0 aromatic heterocycles. The lowest BCUT2D eigenvalue weighted by Crippen LogP contribution is -2.47. The first-order valence-corrected chi connectivity index (χ1v) is 7.87. The largest absolute Gasteiger partial charge is 0.377 e. The monoisotopic (exact) mass is 270 g/mol. The first-order chi connectivity index (χ1) is 8.85. The number of hydrogen-bond donors (Lipinski definition) is 1. The fraction of sp³-hybridized carbons (Fsp3) is 1.00. The fourth-order valence-electron chi connectivity index (χ4n) is 2.77. The maximum absolute atomic E-state index is 5.64. The molecule has 0 amide bonds. The highest BCUT2D eigenvalue weighted by Crippen LogP contribution is 2.23. The summed E-state index contributed by atoms with van der Waals surface area (Å²) in [4.78, 5) is 2.57. The van der Waals surface area contributed by atoms with Gasteiger partial charge in [0.25, 0.3) is 0 Å². The quantitative estimate of drug-likeness (QED) is 0.720. The molecule has 0 aliphatic carbocycles. The lowest BCUT2D eigenvalue weighted by molar-refractivity contribution is -0.0508. The second-order valence-electron chi connectivity index (χ2n) is 7.27. The number of methoxy groups -OCH3 is 1. The van der Waals surface area contributed by atoms with Crippen molar-refractivity contribution in [3.8, 4) is 0 Å². The highest BCUT2D eigenvalue weighted by atomic mass is 16.5. The van der Waals surface area contributed by atoms with Crippen molar-refractivity contribution in [2.45, 2.75) is 70.9 Å². The fourth-order valence-corrected chi connectivity index (χ4v) is 2.77. The summed E-state index contributed by atoms with van der Waals surface area (Å²) in [6.07, 6.45) is 6.40. The van der Waals surface area contributed by atoms with Crippen molar-refractivity contribution in [3.63, 3.8) is 0 Å². The molecular weight excluding hydrogens is 236 g/mol. The number of hydrogen-bond acceptors (Lipinski definition) is 3. The van der Waals surface area contributed by atoms with E-state index in [2.05, 4.69) is 37.9 Å². The number of unbranched alkanes of at least 4 members (excludes halogenated alkanes) is 2. The van der Waals surface area contributed by atoms with Gasteiger partial charge in [-0.05, 0) is 73.0 Å². The van der Waals surface area contributed by atoms with Gasteiger partial charge in [0, 0.05) is 19.2 Å². The van der Waals surface area contributed by atoms with Crippen molar-refractivity contribution in [3.05, 3.63) is 0 Å². The summed E-state index contributed by atoms with van der Waals surface area (Å²) in [5, 5.41) is 3.55. The van der Waals surface area contributed by atoms with E-state index in [0.29, 0.717) is 0 Å². The average molecular weight is 270 g/mol. The van der Waals surface area contributed by atoms with Gasteiger partial charge >= 0.3 is 0 Å². The molecule has 1 N–H and O–H groups in total. The van der Waals surface area contributed by atoms with Gasteiger partial charge in [-0.25, -0.2) is 0 Å². The van der Waals surface area contributed by atoms with E-state index in [1.54, 1.807) is 0 Å². The molecule has 1 saturated heterocycles. The summed E-state index contributed by atoms with van der Waals surface area (Å²) in [6.45, 7) is 13.6. The lowest BCUT2D eigenvalue weighted by atomic mass is 9.94. The van der Waals surface area contributed by atoms with Gasteiger partial charge < -0.3 is 15.0 Å². The van der Waals surface area contributed by atoms with Crippen LogP contribution < -0.4 is 5.32 Å². The predicted octanol–water partition coefficient (Wildman–Crippen LogP) is 3.05. The van der Waals surface area contributed by atoms with Crippen molar-refractivity contribution < 1.29 is 4.74 Å². The van der Waals surface area contributed by atoms with Gasteiger partial charge in [0.1, 0.15) is 0 Å². The lowest BCUT2D eigenvalue weighted by Gasteiger charge is -2.39. The minimum Gasteiger partial charge on any atom is -0.377 e. The van der Waals surface area contributed by atoms with E-state index in [4.69, 9.17) is 4.74 Å². The van der Waals surface area contributed by atoms with Crippen LogP contribution in [0.15, 0.2) is 0 Å². The minimum atomic E-state index is 0.0893. The molecule has 3 heteroatoms. The molecule has 3 nitrogen and oxygen atoms in total. The molecule has 0 bridgehead atoms. The molecule has 1 rings (SSSR count). The number of rotatable bonds is 7. The molecule has 1 unspecified atom stereocenters. The topological polar surface area (TPSA) is 24.5 Å². The summed E-state index contributed by atoms with van der Waals surface area (Å²) < 4.78 is 5.64. The Kier molecular flexibility index (Phi) is 6.78. The van der Waals surface area contributed by atoms with Gasteiger partial charge in [-0.3, -0.25) is 0 Å². The highest BCUT2D eigenvalue weighted by Gasteiger charge is 2.30. The number of likely N-dealkylation sites (tertiary alicyclic amines) is 1. The normalized spacial score (nSPS) is 25.7. The molecule has 1 heterocycles. The Morgan fingerprint density at radius 1 is 1.21 bits per heavy atom. The molecular formula is C16H34N2O. The molecule has 19 heavy (non-hydrogen) atoms. The van der Waals surface area contributed by atoms with E-state index < -0.39 is 0 Å². The van der Waals surface area contributed by atoms with Gasteiger partial charge in [-0.1, -0.05) is 6.42 Å². The Morgan fingerprint density at radius 2 is 1.95 bits per heavy atom. The van der Waals surface area contributed by atoms with Crippen molar-refractivity contribution in [1.29, 1.82) is 0 Å². The molecule has 1 aliphatic rings. The Morgan fingerprint density at radius 3 is 2.58 bits per heavy atom. The average Bonchev–Trinajstić information content (AvgIpc) is 2.32. The molecule has 0 saturated carbocycles. The van der Waals surface area contributed by atoms with Crippen molar-refractivity contribution in [1.82, 2.24) is 10.2 Å². The molecule has 0 aromatic carbocycles. The van der Waals surface area contributed by atoms with E-state index in [9.17, 15) is 0 Å². The molecule has 0 aromatic rings. The van der Waals surface area contributed by atoms with Crippen LogP contribution in [0.3, 0.4) is 0 Å². The van der Waals surface area contributed by atoms with Gasteiger partial charge in [0.15, 0.2) is 0 Å². The van der Waals surface area contributed by atoms with Gasteiger partial charge in [0.05, 0.1) is 5.60 Å². The van der Waals surface area contributed by atoms with E-state index in [1.165, 1.54) is 45.2 Å². The van der Waals surface area contributed by atoms with Gasteiger partial charge in [-0.15, -0.1) is 0 Å². The summed E-state index contributed by atoms with van der Waals surface area (Å²) in [7, 11) is 1.85. The Hall–Kier alpha value is -0.120. The third-order valence-corrected chi connectivity index (χ3v) is 4.04. The van der Waals surface area contributed by atoms with E-state index in [1.807, 2.05) is 7.11 Å². The second-order valence-corrected chi connectivity index (χ2v) is 7.27. The van der Waals surface area contributed by atoms with Crippen LogP contribution in [0.25, 0.3) is 0 Å². The number of nitrogens with zero attached hydrogens (tertiary/aromatic N) is 1. The van der Waals surface area contributed by atoms with Crippen molar-refractivity contribution >= 4 is 0 Å². The van der Waals surface area contributed by atoms with E-state index in [-0.39, 0.29) is 11.1 Å².